The molecule has 2 saturated heterocycles. The fourth-order valence-electron chi connectivity index (χ4n) is 2.55. The summed E-state index contributed by atoms with van der Waals surface area (Å²) < 4.78 is 0. The van der Waals surface area contributed by atoms with Gasteiger partial charge in [0.05, 0.1) is 6.54 Å². The molecule has 2 heteroatoms. The predicted octanol–water partition coefficient (Wildman–Crippen LogP) is -1.61. The molecule has 3 N–H and O–H groups in total. The zero-order valence-electron chi connectivity index (χ0n) is 7.31. The van der Waals surface area contributed by atoms with Crippen LogP contribution in [-0.4, -0.2) is 32.2 Å². The lowest BCUT2D eigenvalue weighted by molar-refractivity contribution is -0.970. The van der Waals surface area contributed by atoms with E-state index in [1.54, 1.807) is 0 Å². The van der Waals surface area contributed by atoms with E-state index in [0.29, 0.717) is 0 Å². The van der Waals surface area contributed by atoms with Crippen molar-refractivity contribution in [2.45, 2.75) is 31.7 Å². The second-order valence-electron chi connectivity index (χ2n) is 4.02. The summed E-state index contributed by atoms with van der Waals surface area (Å²) in [6.07, 6.45) is 5.94. The lowest BCUT2D eigenvalue weighted by Gasteiger charge is -2.29. The smallest absolute Gasteiger partial charge is 0.137 e. The third kappa shape index (κ3) is 1.74. The van der Waals surface area contributed by atoms with E-state index in [-0.39, 0.29) is 0 Å². The molecule has 0 aromatic heterocycles. The molecular weight excluding hydrogens is 136 g/mol. The first kappa shape index (κ1) is 7.56. The number of hydrogen-bond donors (Lipinski definition) is 2. The number of hydrogen-bond acceptors (Lipinski definition) is 0. The zero-order chi connectivity index (χ0) is 7.52. The molecule has 2 rings (SSSR count). The summed E-state index contributed by atoms with van der Waals surface area (Å²) in [6.45, 7) is 5.64. The van der Waals surface area contributed by atoms with Gasteiger partial charge in [-0.1, -0.05) is 0 Å². The second-order valence-corrected chi connectivity index (χ2v) is 4.02. The Balaban J connectivity index is 1.93. The topological polar surface area (TPSA) is 21.1 Å². The molecule has 64 valence electrons. The summed E-state index contributed by atoms with van der Waals surface area (Å²) in [4.78, 5) is 1.91. The monoisotopic (exact) mass is 156 g/mol. The van der Waals surface area contributed by atoms with Crippen molar-refractivity contribution in [3.05, 3.63) is 0 Å². The van der Waals surface area contributed by atoms with Gasteiger partial charge in [0.15, 0.2) is 0 Å². The van der Waals surface area contributed by atoms with Gasteiger partial charge in [-0.3, -0.25) is 0 Å². The third-order valence-corrected chi connectivity index (χ3v) is 3.25. The SMILES string of the molecule is C1CCC2C[NH2+]CC[NH+]2CC1. The van der Waals surface area contributed by atoms with Gasteiger partial charge in [-0.25, -0.2) is 0 Å². The Morgan fingerprint density at radius 1 is 1.09 bits per heavy atom. The first-order valence-electron chi connectivity index (χ1n) is 5.13. The van der Waals surface area contributed by atoms with Crippen molar-refractivity contribution in [3.8, 4) is 0 Å². The molecule has 0 aromatic rings. The normalized spacial score (nSPS) is 39.3. The zero-order valence-corrected chi connectivity index (χ0v) is 7.31. The number of nitrogens with one attached hydrogen (secondary N) is 1. The van der Waals surface area contributed by atoms with E-state index in [2.05, 4.69) is 5.32 Å². The van der Waals surface area contributed by atoms with Crippen LogP contribution in [0.4, 0.5) is 0 Å². The summed E-state index contributed by atoms with van der Waals surface area (Å²) in [5.74, 6) is 0. The highest BCUT2D eigenvalue weighted by atomic mass is 15.2. The van der Waals surface area contributed by atoms with E-state index >= 15 is 0 Å². The Bertz CT molecular complexity index is 111. The van der Waals surface area contributed by atoms with Crippen molar-refractivity contribution >= 4 is 0 Å². The van der Waals surface area contributed by atoms with Crippen molar-refractivity contribution in [3.63, 3.8) is 0 Å². The standard InChI is InChI=1S/C9H18N2/c1-2-4-9-8-10-5-7-11(9)6-3-1/h9-10H,1-8H2/p+2. The number of quaternary nitrogens is 2. The van der Waals surface area contributed by atoms with Gasteiger partial charge in [0, 0.05) is 6.42 Å². The Morgan fingerprint density at radius 3 is 3.09 bits per heavy atom. The molecular formula is C9H20N2+2. The van der Waals surface area contributed by atoms with Crippen molar-refractivity contribution in [1.82, 2.24) is 0 Å². The summed E-state index contributed by atoms with van der Waals surface area (Å²) >= 11 is 0. The minimum atomic E-state index is 1.01. The van der Waals surface area contributed by atoms with Crippen LogP contribution in [0.25, 0.3) is 0 Å². The number of rotatable bonds is 0. The van der Waals surface area contributed by atoms with Crippen LogP contribution in [0, 0.1) is 0 Å². The summed E-state index contributed by atoms with van der Waals surface area (Å²) in [6, 6.07) is 1.01. The minimum absolute atomic E-state index is 1.01. The van der Waals surface area contributed by atoms with Gasteiger partial charge in [0.2, 0.25) is 0 Å². The molecule has 2 atom stereocenters. The summed E-state index contributed by atoms with van der Waals surface area (Å²) in [5, 5.41) is 2.50. The molecule has 2 heterocycles. The van der Waals surface area contributed by atoms with Crippen LogP contribution < -0.4 is 10.2 Å². The maximum absolute atomic E-state index is 2.50. The molecule has 0 radical (unpaired) electrons. The minimum Gasteiger partial charge on any atom is -0.337 e. The van der Waals surface area contributed by atoms with E-state index in [1.807, 2.05) is 4.90 Å². The first-order chi connectivity index (χ1) is 5.47. The van der Waals surface area contributed by atoms with Crippen LogP contribution in [0.2, 0.25) is 0 Å². The molecule has 0 bridgehead atoms. The maximum atomic E-state index is 2.50. The van der Waals surface area contributed by atoms with Crippen LogP contribution in [-0.2, 0) is 0 Å². The first-order valence-corrected chi connectivity index (χ1v) is 5.13. The Labute approximate surface area is 69.0 Å². The van der Waals surface area contributed by atoms with Crippen LogP contribution in [0.5, 0.6) is 0 Å². The molecule has 0 spiro atoms. The van der Waals surface area contributed by atoms with E-state index in [0.717, 1.165) is 6.04 Å². The van der Waals surface area contributed by atoms with E-state index in [4.69, 9.17) is 0 Å². The van der Waals surface area contributed by atoms with Crippen LogP contribution >= 0.6 is 0 Å². The van der Waals surface area contributed by atoms with Gasteiger partial charge in [-0.2, -0.15) is 0 Å². The maximum Gasteiger partial charge on any atom is 0.137 e. The Hall–Kier alpha value is -0.0800. The number of nitrogens with two attached hydrogens (primary N) is 1. The molecule has 11 heavy (non-hydrogen) atoms. The molecule has 2 nitrogen and oxygen atoms in total. The largest absolute Gasteiger partial charge is 0.337 e. The van der Waals surface area contributed by atoms with Crippen molar-refractivity contribution in [1.29, 1.82) is 0 Å². The quantitative estimate of drug-likeness (QED) is 0.421. The second kappa shape index (κ2) is 3.55. The van der Waals surface area contributed by atoms with E-state index < -0.39 is 0 Å². The Morgan fingerprint density at radius 2 is 2.09 bits per heavy atom. The van der Waals surface area contributed by atoms with Gasteiger partial charge in [0.25, 0.3) is 0 Å². The van der Waals surface area contributed by atoms with Crippen LogP contribution in [0.15, 0.2) is 0 Å². The van der Waals surface area contributed by atoms with Gasteiger partial charge in [-0.05, 0) is 19.3 Å². The lowest BCUT2D eigenvalue weighted by Crippen LogP contribution is -3.23. The fourth-order valence-corrected chi connectivity index (χ4v) is 2.55. The van der Waals surface area contributed by atoms with Gasteiger partial charge < -0.3 is 10.2 Å². The third-order valence-electron chi connectivity index (χ3n) is 3.25. The van der Waals surface area contributed by atoms with Gasteiger partial charge in [0.1, 0.15) is 25.7 Å². The average Bonchev–Trinajstić information content (AvgIpc) is 2.28. The molecule has 2 aliphatic rings. The molecule has 2 fully saturated rings. The van der Waals surface area contributed by atoms with Crippen molar-refractivity contribution in [2.75, 3.05) is 26.2 Å². The van der Waals surface area contributed by atoms with Gasteiger partial charge in [-0.15, -0.1) is 0 Å². The van der Waals surface area contributed by atoms with E-state index in [9.17, 15) is 0 Å². The van der Waals surface area contributed by atoms with Crippen LogP contribution in [0.3, 0.4) is 0 Å². The Kier molecular flexibility index (Phi) is 2.44. The summed E-state index contributed by atoms with van der Waals surface area (Å²) in [5.41, 5.74) is 0. The highest BCUT2D eigenvalue weighted by Crippen LogP contribution is 2.04. The van der Waals surface area contributed by atoms with Crippen molar-refractivity contribution in [2.24, 2.45) is 0 Å². The molecule has 0 aromatic carbocycles. The molecule has 2 aliphatic heterocycles. The number of fused-ring (bicyclic) bond motifs is 1. The predicted molar refractivity (Wildman–Crippen MR) is 44.6 cm³/mol. The molecule has 0 saturated carbocycles. The molecule has 0 aliphatic carbocycles. The number of piperazine rings is 1. The average molecular weight is 156 g/mol. The molecule has 0 amide bonds. The van der Waals surface area contributed by atoms with Gasteiger partial charge >= 0.3 is 0 Å². The van der Waals surface area contributed by atoms with Crippen molar-refractivity contribution < 1.29 is 10.2 Å². The summed E-state index contributed by atoms with van der Waals surface area (Å²) in [7, 11) is 0. The van der Waals surface area contributed by atoms with E-state index in [1.165, 1.54) is 51.9 Å². The molecule has 2 unspecified atom stereocenters. The lowest BCUT2D eigenvalue weighted by atomic mass is 10.1. The highest BCUT2D eigenvalue weighted by Gasteiger charge is 2.28. The van der Waals surface area contributed by atoms with Crippen LogP contribution in [0.1, 0.15) is 25.7 Å². The highest BCUT2D eigenvalue weighted by molar-refractivity contribution is 4.60. The fraction of sp³-hybridized carbons (Fsp3) is 1.00.